The van der Waals surface area contributed by atoms with Gasteiger partial charge in [0.1, 0.15) is 0 Å². The van der Waals surface area contributed by atoms with Crippen molar-refractivity contribution in [2.45, 2.75) is 45.6 Å². The Balaban J connectivity index is 1.38. The number of hydrogen-bond acceptors (Lipinski definition) is 3. The van der Waals surface area contributed by atoms with Crippen LogP contribution in [0.15, 0.2) is 29.1 Å². The second-order valence-electron chi connectivity index (χ2n) is 8.15. The van der Waals surface area contributed by atoms with E-state index in [1.54, 1.807) is 0 Å². The highest BCUT2D eigenvalue weighted by atomic mass is 16.2. The summed E-state index contributed by atoms with van der Waals surface area (Å²) in [7, 11) is 0. The SMILES string of the molecule is Cc1ccc2cc(CN3CCN(C(=O)C4CCCCC4)CC3)c(=O)[nH]c2c1. The van der Waals surface area contributed by atoms with Gasteiger partial charge in [-0.05, 0) is 42.8 Å². The number of H-pyrrole nitrogens is 1. The standard InChI is InChI=1S/C22H29N3O2/c1-16-7-8-18-14-19(21(26)23-20(18)13-16)15-24-9-11-25(12-10-24)22(27)17-5-3-2-4-6-17/h7-8,13-14,17H,2-6,9-12,15H2,1H3,(H,23,26). The lowest BCUT2D eigenvalue weighted by Gasteiger charge is -2.37. The maximum absolute atomic E-state index is 12.7. The summed E-state index contributed by atoms with van der Waals surface area (Å²) in [6.45, 7) is 5.90. The number of nitrogens with one attached hydrogen (secondary N) is 1. The van der Waals surface area contributed by atoms with E-state index >= 15 is 0 Å². The normalized spacial score (nSPS) is 19.5. The van der Waals surface area contributed by atoms with Crippen LogP contribution in [-0.4, -0.2) is 46.9 Å². The molecular weight excluding hydrogens is 338 g/mol. The topological polar surface area (TPSA) is 56.4 Å². The molecule has 1 saturated heterocycles. The number of amides is 1. The molecule has 5 heteroatoms. The second-order valence-corrected chi connectivity index (χ2v) is 8.15. The minimum atomic E-state index is -0.00573. The molecule has 1 aliphatic heterocycles. The van der Waals surface area contributed by atoms with Crippen molar-refractivity contribution in [3.8, 4) is 0 Å². The Labute approximate surface area is 160 Å². The van der Waals surface area contributed by atoms with Gasteiger partial charge in [0, 0.05) is 49.7 Å². The molecule has 2 aliphatic rings. The first-order valence-electron chi connectivity index (χ1n) is 10.2. The first-order chi connectivity index (χ1) is 13.1. The van der Waals surface area contributed by atoms with E-state index in [2.05, 4.69) is 22.0 Å². The number of pyridine rings is 1. The van der Waals surface area contributed by atoms with E-state index in [1.165, 1.54) is 19.3 Å². The van der Waals surface area contributed by atoms with Crippen molar-refractivity contribution in [3.63, 3.8) is 0 Å². The number of aromatic nitrogens is 1. The van der Waals surface area contributed by atoms with E-state index in [0.29, 0.717) is 12.5 Å². The quantitative estimate of drug-likeness (QED) is 0.907. The molecule has 0 radical (unpaired) electrons. The molecule has 2 aromatic rings. The molecule has 0 spiro atoms. The van der Waals surface area contributed by atoms with E-state index < -0.39 is 0 Å². The minimum absolute atomic E-state index is 0.00573. The van der Waals surface area contributed by atoms with E-state index in [0.717, 1.165) is 61.1 Å². The van der Waals surface area contributed by atoms with Crippen molar-refractivity contribution in [2.24, 2.45) is 5.92 Å². The summed E-state index contributed by atoms with van der Waals surface area (Å²) >= 11 is 0. The number of aryl methyl sites for hydroxylation is 1. The summed E-state index contributed by atoms with van der Waals surface area (Å²) in [6, 6.07) is 8.15. The molecule has 1 saturated carbocycles. The molecule has 27 heavy (non-hydrogen) atoms. The minimum Gasteiger partial charge on any atom is -0.340 e. The van der Waals surface area contributed by atoms with Crippen LogP contribution in [0.5, 0.6) is 0 Å². The molecule has 2 fully saturated rings. The van der Waals surface area contributed by atoms with Crippen molar-refractivity contribution >= 4 is 16.8 Å². The van der Waals surface area contributed by atoms with Crippen molar-refractivity contribution < 1.29 is 4.79 Å². The molecule has 1 aromatic heterocycles. The van der Waals surface area contributed by atoms with Crippen molar-refractivity contribution in [1.82, 2.24) is 14.8 Å². The summed E-state index contributed by atoms with van der Waals surface area (Å²) in [5.74, 6) is 0.602. The Morgan fingerprint density at radius 3 is 2.56 bits per heavy atom. The average Bonchev–Trinajstić information content (AvgIpc) is 2.69. The van der Waals surface area contributed by atoms with Gasteiger partial charge >= 0.3 is 0 Å². The lowest BCUT2D eigenvalue weighted by atomic mass is 9.88. The molecule has 1 N–H and O–H groups in total. The Morgan fingerprint density at radius 2 is 1.81 bits per heavy atom. The van der Waals surface area contributed by atoms with Gasteiger partial charge in [-0.3, -0.25) is 14.5 Å². The number of benzene rings is 1. The number of nitrogens with zero attached hydrogens (tertiary/aromatic N) is 2. The molecule has 0 atom stereocenters. The molecule has 0 bridgehead atoms. The maximum atomic E-state index is 12.7. The van der Waals surface area contributed by atoms with Crippen LogP contribution in [-0.2, 0) is 11.3 Å². The molecule has 4 rings (SSSR count). The highest BCUT2D eigenvalue weighted by Crippen LogP contribution is 2.26. The van der Waals surface area contributed by atoms with Crippen LogP contribution in [0.25, 0.3) is 10.9 Å². The van der Waals surface area contributed by atoms with Crippen molar-refractivity contribution in [1.29, 1.82) is 0 Å². The van der Waals surface area contributed by atoms with Crippen LogP contribution < -0.4 is 5.56 Å². The van der Waals surface area contributed by atoms with Crippen LogP contribution in [0.1, 0.15) is 43.2 Å². The predicted octanol–water partition coefficient (Wildman–Crippen LogP) is 3.06. The van der Waals surface area contributed by atoms with Gasteiger partial charge in [0.2, 0.25) is 5.91 Å². The zero-order valence-electron chi connectivity index (χ0n) is 16.2. The third-order valence-electron chi connectivity index (χ3n) is 6.11. The molecule has 144 valence electrons. The lowest BCUT2D eigenvalue weighted by Crippen LogP contribution is -2.50. The molecule has 5 nitrogen and oxygen atoms in total. The first kappa shape index (κ1) is 18.2. The van der Waals surface area contributed by atoms with Crippen molar-refractivity contribution in [3.05, 3.63) is 45.7 Å². The average molecular weight is 367 g/mol. The first-order valence-corrected chi connectivity index (χ1v) is 10.2. The van der Waals surface area contributed by atoms with Gasteiger partial charge in [-0.15, -0.1) is 0 Å². The van der Waals surface area contributed by atoms with Crippen LogP contribution in [0.4, 0.5) is 0 Å². The van der Waals surface area contributed by atoms with Crippen LogP contribution in [0, 0.1) is 12.8 Å². The van der Waals surface area contributed by atoms with Crippen LogP contribution in [0.3, 0.4) is 0 Å². The fourth-order valence-electron chi connectivity index (χ4n) is 4.45. The highest BCUT2D eigenvalue weighted by molar-refractivity contribution is 5.80. The molecule has 1 aromatic carbocycles. The van der Waals surface area contributed by atoms with E-state index in [9.17, 15) is 9.59 Å². The van der Waals surface area contributed by atoms with Gasteiger partial charge in [0.15, 0.2) is 0 Å². The zero-order valence-corrected chi connectivity index (χ0v) is 16.2. The number of hydrogen-bond donors (Lipinski definition) is 1. The molecule has 1 aliphatic carbocycles. The monoisotopic (exact) mass is 367 g/mol. The number of fused-ring (bicyclic) bond motifs is 1. The van der Waals surface area contributed by atoms with Gasteiger partial charge in [-0.25, -0.2) is 0 Å². The van der Waals surface area contributed by atoms with E-state index in [1.807, 2.05) is 24.0 Å². The molecule has 1 amide bonds. The summed E-state index contributed by atoms with van der Waals surface area (Å²) < 4.78 is 0. The van der Waals surface area contributed by atoms with Gasteiger partial charge in [-0.2, -0.15) is 0 Å². The predicted molar refractivity (Wildman–Crippen MR) is 108 cm³/mol. The Bertz CT molecular complexity index is 875. The summed E-state index contributed by atoms with van der Waals surface area (Å²) in [6.07, 6.45) is 5.79. The van der Waals surface area contributed by atoms with Gasteiger partial charge in [0.25, 0.3) is 5.56 Å². The Hall–Kier alpha value is -2.14. The van der Waals surface area contributed by atoms with E-state index in [-0.39, 0.29) is 11.5 Å². The van der Waals surface area contributed by atoms with Gasteiger partial charge in [0.05, 0.1) is 0 Å². The Morgan fingerprint density at radius 1 is 1.07 bits per heavy atom. The van der Waals surface area contributed by atoms with Gasteiger partial charge < -0.3 is 9.88 Å². The molecule has 0 unspecified atom stereocenters. The third kappa shape index (κ3) is 4.08. The number of rotatable bonds is 3. The maximum Gasteiger partial charge on any atom is 0.252 e. The number of carbonyl (C=O) groups excluding carboxylic acids is 1. The zero-order chi connectivity index (χ0) is 18.8. The molecule has 2 heterocycles. The summed E-state index contributed by atoms with van der Waals surface area (Å²) in [5, 5.41) is 1.07. The third-order valence-corrected chi connectivity index (χ3v) is 6.11. The number of piperazine rings is 1. The number of aromatic amines is 1. The number of carbonyl (C=O) groups is 1. The fourth-order valence-corrected chi connectivity index (χ4v) is 4.45. The lowest BCUT2D eigenvalue weighted by molar-refractivity contribution is -0.138. The van der Waals surface area contributed by atoms with Gasteiger partial charge in [-0.1, -0.05) is 31.4 Å². The second kappa shape index (κ2) is 7.85. The largest absolute Gasteiger partial charge is 0.340 e. The van der Waals surface area contributed by atoms with E-state index in [4.69, 9.17) is 0 Å². The van der Waals surface area contributed by atoms with Crippen molar-refractivity contribution in [2.75, 3.05) is 26.2 Å². The molecular formula is C22H29N3O2. The Kier molecular flexibility index (Phi) is 5.30. The summed E-state index contributed by atoms with van der Waals surface area (Å²) in [4.78, 5) is 32.5. The summed E-state index contributed by atoms with van der Waals surface area (Å²) in [5.41, 5.74) is 2.84. The highest BCUT2D eigenvalue weighted by Gasteiger charge is 2.28. The smallest absolute Gasteiger partial charge is 0.252 e. The van der Waals surface area contributed by atoms with Crippen LogP contribution in [0.2, 0.25) is 0 Å². The fraction of sp³-hybridized carbons (Fsp3) is 0.545. The van der Waals surface area contributed by atoms with Crippen LogP contribution >= 0.6 is 0 Å².